The Bertz CT molecular complexity index is 1040. The highest BCUT2D eigenvalue weighted by Gasteiger charge is 2.43. The van der Waals surface area contributed by atoms with Gasteiger partial charge >= 0.3 is 0 Å². The molecule has 1 aliphatic heterocycles. The van der Waals surface area contributed by atoms with Gasteiger partial charge in [0.05, 0.1) is 18.6 Å². The van der Waals surface area contributed by atoms with Crippen molar-refractivity contribution >= 4 is 22.4 Å². The van der Waals surface area contributed by atoms with Crippen molar-refractivity contribution < 1.29 is 44.5 Å². The summed E-state index contributed by atoms with van der Waals surface area (Å²) in [6, 6.07) is 2.81. The molecule has 3 rings (SSSR count). The second-order valence-corrected chi connectivity index (χ2v) is 7.21. The lowest BCUT2D eigenvalue weighted by Crippen LogP contribution is -2.58. The lowest BCUT2D eigenvalue weighted by Gasteiger charge is -2.39. The van der Waals surface area contributed by atoms with Gasteiger partial charge in [0.1, 0.15) is 29.7 Å². The fourth-order valence-corrected chi connectivity index (χ4v) is 3.41. The lowest BCUT2D eigenvalue weighted by atomic mass is 9.99. The van der Waals surface area contributed by atoms with E-state index in [0.29, 0.717) is 0 Å². The van der Waals surface area contributed by atoms with Crippen molar-refractivity contribution in [1.29, 1.82) is 0 Å². The zero-order chi connectivity index (χ0) is 23.0. The molecule has 1 fully saturated rings. The van der Waals surface area contributed by atoms with Crippen LogP contribution in [0.25, 0.3) is 10.8 Å². The van der Waals surface area contributed by atoms with E-state index < -0.39 is 36.6 Å². The molecule has 1 saturated heterocycles. The van der Waals surface area contributed by atoms with Crippen LogP contribution in [0.1, 0.15) is 19.4 Å². The van der Waals surface area contributed by atoms with Crippen molar-refractivity contribution in [3.05, 3.63) is 17.7 Å². The molecule has 168 valence electrons. The second-order valence-electron chi connectivity index (χ2n) is 7.21. The number of azo groups is 1. The standard InChI is InChI=1S/C20H24N2O9/c1-7-14(24)10-5-6-11(31-20-18(28)17(27)15(25)8(2)30-20)13(22-21-9(3)23)12(10)16(26)19(7)29-4/h5-6,8,15,17-18,20,24-28H,1-4H3/t8-,15-,17+,18+,20+/m0/s1. The van der Waals surface area contributed by atoms with Crippen molar-refractivity contribution in [2.75, 3.05) is 7.11 Å². The number of aliphatic hydroxyl groups excluding tert-OH is 3. The fourth-order valence-electron chi connectivity index (χ4n) is 3.41. The van der Waals surface area contributed by atoms with Crippen LogP contribution < -0.4 is 9.47 Å². The van der Waals surface area contributed by atoms with Gasteiger partial charge in [-0.3, -0.25) is 4.79 Å². The van der Waals surface area contributed by atoms with Gasteiger partial charge in [-0.25, -0.2) is 0 Å². The maximum absolute atomic E-state index is 11.4. The van der Waals surface area contributed by atoms with Crippen molar-refractivity contribution in [1.82, 2.24) is 0 Å². The Balaban J connectivity index is 2.20. The van der Waals surface area contributed by atoms with E-state index in [9.17, 15) is 30.3 Å². The number of nitrogens with zero attached hydrogens (tertiary/aromatic N) is 2. The molecule has 2 aromatic carbocycles. The number of rotatable bonds is 4. The predicted molar refractivity (Wildman–Crippen MR) is 107 cm³/mol. The van der Waals surface area contributed by atoms with Gasteiger partial charge in [-0.2, -0.15) is 0 Å². The van der Waals surface area contributed by atoms with Crippen molar-refractivity contribution in [3.63, 3.8) is 0 Å². The fraction of sp³-hybridized carbons (Fsp3) is 0.450. The van der Waals surface area contributed by atoms with Gasteiger partial charge in [-0.15, -0.1) is 10.2 Å². The molecule has 0 radical (unpaired) electrons. The summed E-state index contributed by atoms with van der Waals surface area (Å²) < 4.78 is 16.3. The van der Waals surface area contributed by atoms with Gasteiger partial charge in [0, 0.05) is 17.9 Å². The lowest BCUT2D eigenvalue weighted by molar-refractivity contribution is -0.268. The summed E-state index contributed by atoms with van der Waals surface area (Å²) >= 11 is 0. The molecule has 1 amide bonds. The van der Waals surface area contributed by atoms with Gasteiger partial charge < -0.3 is 39.7 Å². The monoisotopic (exact) mass is 436 g/mol. The minimum Gasteiger partial charge on any atom is -0.507 e. The third kappa shape index (κ3) is 4.00. The van der Waals surface area contributed by atoms with Crippen LogP contribution in [0, 0.1) is 6.92 Å². The van der Waals surface area contributed by atoms with E-state index in [1.807, 2.05) is 0 Å². The molecule has 11 heteroatoms. The topological polar surface area (TPSA) is 171 Å². The van der Waals surface area contributed by atoms with E-state index in [1.54, 1.807) is 6.92 Å². The Kier molecular flexibility index (Phi) is 6.32. The van der Waals surface area contributed by atoms with Crippen LogP contribution in [0.4, 0.5) is 5.69 Å². The Morgan fingerprint density at radius 3 is 2.39 bits per heavy atom. The van der Waals surface area contributed by atoms with E-state index in [2.05, 4.69) is 10.2 Å². The summed E-state index contributed by atoms with van der Waals surface area (Å²) in [6.45, 7) is 4.21. The van der Waals surface area contributed by atoms with Crippen LogP contribution in [0.15, 0.2) is 22.4 Å². The third-order valence-electron chi connectivity index (χ3n) is 5.09. The molecule has 5 atom stereocenters. The van der Waals surface area contributed by atoms with Crippen LogP contribution in [0.2, 0.25) is 0 Å². The van der Waals surface area contributed by atoms with E-state index in [1.165, 1.54) is 33.1 Å². The van der Waals surface area contributed by atoms with Crippen LogP contribution >= 0.6 is 0 Å². The molecule has 0 aromatic heterocycles. The molecular weight excluding hydrogens is 412 g/mol. The first-order valence-electron chi connectivity index (χ1n) is 9.42. The molecular formula is C20H24N2O9. The van der Waals surface area contributed by atoms with E-state index in [0.717, 1.165) is 0 Å². The van der Waals surface area contributed by atoms with Gasteiger partial charge in [0.15, 0.2) is 17.2 Å². The molecule has 2 aromatic rings. The van der Waals surface area contributed by atoms with E-state index in [4.69, 9.17) is 14.2 Å². The molecule has 0 bridgehead atoms. The summed E-state index contributed by atoms with van der Waals surface area (Å²) in [5.74, 6) is -1.27. The van der Waals surface area contributed by atoms with Crippen LogP contribution in [0.5, 0.6) is 23.0 Å². The number of fused-ring (bicyclic) bond motifs is 1. The van der Waals surface area contributed by atoms with Gasteiger partial charge in [0.25, 0.3) is 5.91 Å². The summed E-state index contributed by atoms with van der Waals surface area (Å²) in [4.78, 5) is 11.4. The smallest absolute Gasteiger partial charge is 0.261 e. The van der Waals surface area contributed by atoms with Crippen LogP contribution in [-0.2, 0) is 9.53 Å². The molecule has 0 unspecified atom stereocenters. The summed E-state index contributed by atoms with van der Waals surface area (Å²) in [5.41, 5.74) is 0.149. The zero-order valence-electron chi connectivity index (χ0n) is 17.3. The third-order valence-corrected chi connectivity index (χ3v) is 5.09. The molecule has 11 nitrogen and oxygen atoms in total. The first kappa shape index (κ1) is 22.7. The quantitative estimate of drug-likeness (QED) is 0.351. The number of carbonyl (C=O) groups is 1. The number of carbonyl (C=O) groups excluding carboxylic acids is 1. The second kappa shape index (κ2) is 8.63. The number of methoxy groups -OCH3 is 1. The Morgan fingerprint density at radius 2 is 1.77 bits per heavy atom. The number of hydrogen-bond donors (Lipinski definition) is 5. The SMILES string of the molecule is COc1c(C)c(O)c2ccc(O[C@H]3O[C@@H](C)[C@H](O)[C@@H](O)[C@H]3O)c(N=NC(C)=O)c2c1O. The van der Waals surface area contributed by atoms with Crippen LogP contribution in [-0.4, -0.2) is 69.3 Å². The van der Waals surface area contributed by atoms with Crippen molar-refractivity contribution in [2.24, 2.45) is 10.2 Å². The zero-order valence-corrected chi connectivity index (χ0v) is 17.3. The first-order valence-corrected chi connectivity index (χ1v) is 9.42. The largest absolute Gasteiger partial charge is 0.507 e. The number of ether oxygens (including phenoxy) is 3. The molecule has 1 aliphatic rings. The number of aromatic hydroxyl groups is 2. The minimum absolute atomic E-state index is 0.0115. The molecule has 0 aliphatic carbocycles. The average Bonchev–Trinajstić information content (AvgIpc) is 2.73. The molecule has 0 spiro atoms. The van der Waals surface area contributed by atoms with Crippen molar-refractivity contribution in [3.8, 4) is 23.0 Å². The van der Waals surface area contributed by atoms with E-state index >= 15 is 0 Å². The Labute approximate surface area is 177 Å². The Hall–Kier alpha value is -2.99. The highest BCUT2D eigenvalue weighted by atomic mass is 16.7. The number of benzene rings is 2. The maximum atomic E-state index is 11.4. The molecule has 1 heterocycles. The highest BCUT2D eigenvalue weighted by Crippen LogP contribution is 2.50. The first-order chi connectivity index (χ1) is 14.6. The van der Waals surface area contributed by atoms with Crippen LogP contribution in [0.3, 0.4) is 0 Å². The number of phenolic OH excluding ortho intramolecular Hbond substituents is 2. The average molecular weight is 436 g/mol. The van der Waals surface area contributed by atoms with Gasteiger partial charge in [-0.1, -0.05) is 0 Å². The normalized spacial score (nSPS) is 26.4. The van der Waals surface area contributed by atoms with Gasteiger partial charge in [-0.05, 0) is 26.0 Å². The van der Waals surface area contributed by atoms with E-state index in [-0.39, 0.29) is 45.0 Å². The predicted octanol–water partition coefficient (Wildman–Crippen LogP) is 1.40. The summed E-state index contributed by atoms with van der Waals surface area (Å²) in [6.07, 6.45) is -6.71. The number of aliphatic hydroxyl groups is 3. The summed E-state index contributed by atoms with van der Waals surface area (Å²) in [5, 5.41) is 59.0. The number of hydrogen-bond acceptors (Lipinski definition) is 10. The molecule has 0 saturated carbocycles. The molecule has 31 heavy (non-hydrogen) atoms. The maximum Gasteiger partial charge on any atom is 0.261 e. The van der Waals surface area contributed by atoms with Gasteiger partial charge in [0.2, 0.25) is 6.29 Å². The molecule has 5 N–H and O–H groups in total. The highest BCUT2D eigenvalue weighted by molar-refractivity contribution is 6.05. The number of phenols is 2. The number of amides is 1. The summed E-state index contributed by atoms with van der Waals surface area (Å²) in [7, 11) is 1.31. The minimum atomic E-state index is -1.60. The Morgan fingerprint density at radius 1 is 1.10 bits per heavy atom. The van der Waals surface area contributed by atoms with Crippen molar-refractivity contribution in [2.45, 2.75) is 51.5 Å².